The van der Waals surface area contributed by atoms with Crippen LogP contribution < -0.4 is 5.32 Å². The van der Waals surface area contributed by atoms with Crippen LogP contribution in [-0.2, 0) is 29.1 Å². The van der Waals surface area contributed by atoms with Crippen molar-refractivity contribution in [2.75, 3.05) is 19.6 Å². The van der Waals surface area contributed by atoms with E-state index in [1.54, 1.807) is 22.2 Å². The number of hydrazine groups is 1. The van der Waals surface area contributed by atoms with Crippen molar-refractivity contribution in [1.29, 1.82) is 0 Å². The molecule has 9 heteroatoms. The maximum atomic E-state index is 14.1. The number of amides is 4. The number of hydrogen-bond donors (Lipinski definition) is 1. The van der Waals surface area contributed by atoms with Crippen molar-refractivity contribution in [2.45, 2.75) is 31.7 Å². The number of hydrogen-bond acceptors (Lipinski definition) is 5. The molecule has 3 heterocycles. The molecule has 1 aromatic heterocycles. The van der Waals surface area contributed by atoms with Crippen LogP contribution in [0.15, 0.2) is 110 Å². The lowest BCUT2D eigenvalue weighted by atomic mass is 9.99. The van der Waals surface area contributed by atoms with Crippen molar-refractivity contribution in [3.63, 3.8) is 0 Å². The van der Waals surface area contributed by atoms with E-state index in [2.05, 4.69) is 16.9 Å². The van der Waals surface area contributed by atoms with Crippen LogP contribution in [0.1, 0.15) is 16.7 Å². The lowest BCUT2D eigenvalue weighted by molar-refractivity contribution is -0.157. The molecule has 9 nitrogen and oxygen atoms in total. The van der Waals surface area contributed by atoms with Crippen LogP contribution in [0.5, 0.6) is 0 Å². The predicted molar refractivity (Wildman–Crippen MR) is 164 cm³/mol. The first kappa shape index (κ1) is 28.1. The number of rotatable bonds is 9. The number of aromatic nitrogens is 1. The Morgan fingerprint density at radius 2 is 1.70 bits per heavy atom. The third-order valence-corrected chi connectivity index (χ3v) is 8.07. The number of pyridine rings is 1. The van der Waals surface area contributed by atoms with Gasteiger partial charge in [-0.05, 0) is 28.8 Å². The third-order valence-electron chi connectivity index (χ3n) is 8.07. The SMILES string of the molecule is C=CCN(C(=O)NCc1ccccc1)N1CC(=O)N2[C@@H](Cc3ccccc3)C(=O)N(Cc3cccc4ncccc34)C[C@@H]21. The van der Waals surface area contributed by atoms with E-state index in [4.69, 9.17) is 0 Å². The molecule has 4 amide bonds. The molecule has 2 atom stereocenters. The van der Waals surface area contributed by atoms with Crippen molar-refractivity contribution in [2.24, 2.45) is 0 Å². The van der Waals surface area contributed by atoms with Gasteiger partial charge in [-0.15, -0.1) is 6.58 Å². The van der Waals surface area contributed by atoms with Crippen LogP contribution in [0.3, 0.4) is 0 Å². The largest absolute Gasteiger partial charge is 0.333 e. The zero-order chi connectivity index (χ0) is 29.8. The van der Waals surface area contributed by atoms with Gasteiger partial charge in [0.1, 0.15) is 12.2 Å². The van der Waals surface area contributed by atoms with E-state index in [9.17, 15) is 14.4 Å². The molecule has 2 fully saturated rings. The van der Waals surface area contributed by atoms with Crippen molar-refractivity contribution in [3.8, 4) is 0 Å². The zero-order valence-electron chi connectivity index (χ0n) is 23.9. The molecule has 0 aliphatic carbocycles. The van der Waals surface area contributed by atoms with E-state index in [1.165, 1.54) is 5.01 Å². The highest BCUT2D eigenvalue weighted by Gasteiger charge is 2.52. The first-order valence-electron chi connectivity index (χ1n) is 14.5. The highest BCUT2D eigenvalue weighted by atomic mass is 16.2. The molecule has 0 spiro atoms. The van der Waals surface area contributed by atoms with Gasteiger partial charge in [0, 0.05) is 31.1 Å². The van der Waals surface area contributed by atoms with E-state index in [-0.39, 0.29) is 37.5 Å². The fourth-order valence-electron chi connectivity index (χ4n) is 6.03. The maximum absolute atomic E-state index is 14.1. The molecule has 1 N–H and O–H groups in total. The second-order valence-corrected chi connectivity index (χ2v) is 10.8. The number of benzene rings is 3. The number of carbonyl (C=O) groups excluding carboxylic acids is 3. The summed E-state index contributed by atoms with van der Waals surface area (Å²) in [5.74, 6) is -0.293. The summed E-state index contributed by atoms with van der Waals surface area (Å²) < 4.78 is 0. The number of fused-ring (bicyclic) bond motifs is 2. The average molecular weight is 575 g/mol. The van der Waals surface area contributed by atoms with E-state index in [1.807, 2.05) is 95.9 Å². The molecular formula is C34H34N6O3. The first-order chi connectivity index (χ1) is 21.0. The molecule has 218 valence electrons. The van der Waals surface area contributed by atoms with Crippen LogP contribution in [0.25, 0.3) is 10.9 Å². The van der Waals surface area contributed by atoms with E-state index in [0.717, 1.165) is 27.6 Å². The predicted octanol–water partition coefficient (Wildman–Crippen LogP) is 3.97. The van der Waals surface area contributed by atoms with Gasteiger partial charge in [0.25, 0.3) is 0 Å². The second kappa shape index (κ2) is 12.5. The van der Waals surface area contributed by atoms with Crippen LogP contribution in [0.4, 0.5) is 4.79 Å². The normalized spacial score (nSPS) is 18.5. The zero-order valence-corrected chi connectivity index (χ0v) is 23.9. The number of urea groups is 1. The van der Waals surface area contributed by atoms with Gasteiger partial charge in [-0.1, -0.05) is 84.9 Å². The molecule has 4 aromatic rings. The minimum atomic E-state index is -0.704. The second-order valence-electron chi connectivity index (χ2n) is 10.8. The van der Waals surface area contributed by atoms with Crippen molar-refractivity contribution in [3.05, 3.63) is 127 Å². The molecular weight excluding hydrogens is 540 g/mol. The van der Waals surface area contributed by atoms with E-state index < -0.39 is 12.2 Å². The molecule has 43 heavy (non-hydrogen) atoms. The molecule has 2 aliphatic rings. The maximum Gasteiger partial charge on any atom is 0.332 e. The van der Waals surface area contributed by atoms with Crippen LogP contribution >= 0.6 is 0 Å². The topological polar surface area (TPSA) is 89.1 Å². The Balaban J connectivity index is 1.31. The first-order valence-corrected chi connectivity index (χ1v) is 14.5. The lowest BCUT2D eigenvalue weighted by Gasteiger charge is -2.46. The summed E-state index contributed by atoms with van der Waals surface area (Å²) >= 11 is 0. The smallest absolute Gasteiger partial charge is 0.332 e. The fourth-order valence-corrected chi connectivity index (χ4v) is 6.03. The van der Waals surface area contributed by atoms with Crippen LogP contribution in [-0.4, -0.2) is 74.5 Å². The van der Waals surface area contributed by atoms with Gasteiger partial charge in [0.15, 0.2) is 0 Å². The number of piperazine rings is 1. The molecule has 0 unspecified atom stereocenters. The van der Waals surface area contributed by atoms with Gasteiger partial charge < -0.3 is 15.1 Å². The lowest BCUT2D eigenvalue weighted by Crippen LogP contribution is -2.66. The quantitative estimate of drug-likeness (QED) is 0.306. The highest BCUT2D eigenvalue weighted by Crippen LogP contribution is 2.31. The molecule has 0 radical (unpaired) electrons. The minimum absolute atomic E-state index is 0.0120. The number of nitrogens with zero attached hydrogens (tertiary/aromatic N) is 5. The highest BCUT2D eigenvalue weighted by molar-refractivity contribution is 5.92. The Hall–Kier alpha value is -5.02. The molecule has 0 bridgehead atoms. The Morgan fingerprint density at radius 1 is 0.953 bits per heavy atom. The van der Waals surface area contributed by atoms with Crippen molar-refractivity contribution in [1.82, 2.24) is 30.1 Å². The molecule has 6 rings (SSSR count). The van der Waals surface area contributed by atoms with Gasteiger partial charge in [-0.2, -0.15) is 5.01 Å². The summed E-state index contributed by atoms with van der Waals surface area (Å²) in [5.41, 5.74) is 3.77. The summed E-state index contributed by atoms with van der Waals surface area (Å²) in [6.45, 7) is 5.03. The fraction of sp³-hybridized carbons (Fsp3) is 0.235. The molecule has 2 saturated heterocycles. The van der Waals surface area contributed by atoms with Gasteiger partial charge in [0.2, 0.25) is 11.8 Å². The summed E-state index contributed by atoms with van der Waals surface area (Å²) in [7, 11) is 0. The third kappa shape index (κ3) is 5.85. The number of nitrogens with one attached hydrogen (secondary N) is 1. The summed E-state index contributed by atoms with van der Waals surface area (Å²) in [5, 5.41) is 7.28. The van der Waals surface area contributed by atoms with Gasteiger partial charge in [0.05, 0.1) is 25.2 Å². The Bertz CT molecular complexity index is 1620. The Kier molecular flexibility index (Phi) is 8.15. The molecule has 2 aliphatic heterocycles. The van der Waals surface area contributed by atoms with Crippen LogP contribution in [0.2, 0.25) is 0 Å². The summed E-state index contributed by atoms with van der Waals surface area (Å²) in [4.78, 5) is 49.3. The minimum Gasteiger partial charge on any atom is -0.333 e. The van der Waals surface area contributed by atoms with Crippen LogP contribution in [0, 0.1) is 0 Å². The summed E-state index contributed by atoms with van der Waals surface area (Å²) in [6.07, 6.45) is 3.26. The Morgan fingerprint density at radius 3 is 2.44 bits per heavy atom. The monoisotopic (exact) mass is 574 g/mol. The standard InChI is InChI=1S/C34H34N6O3/c1-2-19-38(34(43)36-21-26-13-7-4-8-14-26)39-24-32(41)40-30(20-25-11-5-3-6-12-25)33(42)37(23-31(39)40)22-27-15-9-17-29-28(27)16-10-18-35-29/h2-18,30-31H,1,19-24H2,(H,36,43)/t30-,31+/m0/s1. The molecule has 3 aromatic carbocycles. The molecule has 0 saturated carbocycles. The van der Waals surface area contributed by atoms with Crippen molar-refractivity contribution < 1.29 is 14.4 Å². The van der Waals surface area contributed by atoms with Gasteiger partial charge in [-0.25, -0.2) is 4.79 Å². The average Bonchev–Trinajstić information content (AvgIpc) is 3.36. The van der Waals surface area contributed by atoms with E-state index in [0.29, 0.717) is 19.5 Å². The van der Waals surface area contributed by atoms with Gasteiger partial charge >= 0.3 is 6.03 Å². The summed E-state index contributed by atoms with van der Waals surface area (Å²) in [6, 6.07) is 28.2. The van der Waals surface area contributed by atoms with Crippen molar-refractivity contribution >= 4 is 28.7 Å². The van der Waals surface area contributed by atoms with Gasteiger partial charge in [-0.3, -0.25) is 19.6 Å². The Labute approximate surface area is 251 Å². The van der Waals surface area contributed by atoms with E-state index >= 15 is 0 Å². The number of carbonyl (C=O) groups is 3.